The van der Waals surface area contributed by atoms with Crippen molar-refractivity contribution in [1.82, 2.24) is 4.90 Å². The Morgan fingerprint density at radius 2 is 1.76 bits per heavy atom. The van der Waals surface area contributed by atoms with Gasteiger partial charge in [-0.3, -0.25) is 9.69 Å². The molecule has 168 valence electrons. The molecule has 0 bridgehead atoms. The minimum Gasteiger partial charge on any atom is -0.369 e. The summed E-state index contributed by atoms with van der Waals surface area (Å²) in [6.45, 7) is 1.81. The molecule has 2 atom stereocenters. The van der Waals surface area contributed by atoms with Crippen molar-refractivity contribution in [3.8, 4) is 17.2 Å². The molecule has 8 heteroatoms. The highest BCUT2D eigenvalue weighted by molar-refractivity contribution is 7.89. The van der Waals surface area contributed by atoms with Crippen molar-refractivity contribution in [3.05, 3.63) is 89.5 Å². The van der Waals surface area contributed by atoms with Crippen LogP contribution in [0.1, 0.15) is 22.6 Å². The SMILES string of the molecule is N#Cc1cccc([C@H]2CN(Cc3ccc(-c4ccccc4S(N)(=O)=O)cc3)C[C@@H]2C(N)=O)c1. The van der Waals surface area contributed by atoms with E-state index in [1.165, 1.54) is 6.07 Å². The van der Waals surface area contributed by atoms with Crippen LogP contribution in [0.4, 0.5) is 0 Å². The topological polar surface area (TPSA) is 130 Å². The maximum Gasteiger partial charge on any atom is 0.238 e. The molecule has 1 aliphatic rings. The molecule has 0 radical (unpaired) electrons. The zero-order chi connectivity index (χ0) is 23.6. The number of benzene rings is 3. The summed E-state index contributed by atoms with van der Waals surface area (Å²) in [4.78, 5) is 14.4. The van der Waals surface area contributed by atoms with Crippen LogP contribution in [-0.4, -0.2) is 32.3 Å². The van der Waals surface area contributed by atoms with Gasteiger partial charge in [-0.25, -0.2) is 13.6 Å². The van der Waals surface area contributed by atoms with Gasteiger partial charge in [-0.05, 0) is 34.9 Å². The molecule has 1 saturated heterocycles. The van der Waals surface area contributed by atoms with Gasteiger partial charge in [-0.2, -0.15) is 5.26 Å². The molecule has 7 nitrogen and oxygen atoms in total. The molecule has 0 aliphatic carbocycles. The van der Waals surface area contributed by atoms with Crippen LogP contribution >= 0.6 is 0 Å². The maximum absolute atomic E-state index is 12.1. The van der Waals surface area contributed by atoms with Crippen LogP contribution in [0.5, 0.6) is 0 Å². The minimum atomic E-state index is -3.83. The minimum absolute atomic E-state index is 0.0725. The van der Waals surface area contributed by atoms with E-state index >= 15 is 0 Å². The van der Waals surface area contributed by atoms with Crippen molar-refractivity contribution in [3.63, 3.8) is 0 Å². The lowest BCUT2D eigenvalue weighted by molar-refractivity contribution is -0.121. The van der Waals surface area contributed by atoms with Crippen LogP contribution < -0.4 is 10.9 Å². The first-order chi connectivity index (χ1) is 15.8. The van der Waals surface area contributed by atoms with Gasteiger partial charge in [0.05, 0.1) is 22.4 Å². The zero-order valence-corrected chi connectivity index (χ0v) is 18.7. The molecular formula is C25H24N4O3S. The van der Waals surface area contributed by atoms with E-state index in [1.54, 1.807) is 24.3 Å². The van der Waals surface area contributed by atoms with Crippen molar-refractivity contribution in [1.29, 1.82) is 5.26 Å². The Kier molecular flexibility index (Phi) is 6.29. The van der Waals surface area contributed by atoms with E-state index < -0.39 is 10.0 Å². The van der Waals surface area contributed by atoms with E-state index in [-0.39, 0.29) is 22.6 Å². The fourth-order valence-corrected chi connectivity index (χ4v) is 5.24. The second-order valence-electron chi connectivity index (χ2n) is 8.28. The van der Waals surface area contributed by atoms with Crippen molar-refractivity contribution < 1.29 is 13.2 Å². The van der Waals surface area contributed by atoms with E-state index in [0.717, 1.165) is 16.7 Å². The third kappa shape index (κ3) is 4.96. The van der Waals surface area contributed by atoms with E-state index in [9.17, 15) is 18.5 Å². The first-order valence-corrected chi connectivity index (χ1v) is 12.0. The summed E-state index contributed by atoms with van der Waals surface area (Å²) in [5.41, 5.74) is 9.53. The molecular weight excluding hydrogens is 436 g/mol. The van der Waals surface area contributed by atoms with Crippen LogP contribution in [0.15, 0.2) is 77.7 Å². The summed E-state index contributed by atoms with van der Waals surface area (Å²) >= 11 is 0. The van der Waals surface area contributed by atoms with Gasteiger partial charge in [-0.15, -0.1) is 0 Å². The Bertz CT molecular complexity index is 1330. The highest BCUT2D eigenvalue weighted by Crippen LogP contribution is 2.34. The van der Waals surface area contributed by atoms with Gasteiger partial charge in [0.25, 0.3) is 0 Å². The standard InChI is InChI=1S/C25H24N4O3S/c26-13-18-4-3-5-20(12-18)22-15-29(16-23(22)25(27)30)14-17-8-10-19(11-9-17)21-6-1-2-7-24(21)33(28,31)32/h1-12,22-23H,14-16H2,(H2,27,30)(H2,28,31,32)/t22-,23+/m1/s1. The Balaban J connectivity index is 1.53. The molecule has 1 fully saturated rings. The molecule has 3 aromatic carbocycles. The number of carbonyl (C=O) groups excluding carboxylic acids is 1. The van der Waals surface area contributed by atoms with Crippen LogP contribution in [0, 0.1) is 17.2 Å². The normalized spacial score (nSPS) is 18.7. The molecule has 33 heavy (non-hydrogen) atoms. The van der Waals surface area contributed by atoms with E-state index in [2.05, 4.69) is 11.0 Å². The monoisotopic (exact) mass is 460 g/mol. The Morgan fingerprint density at radius 1 is 1.03 bits per heavy atom. The summed E-state index contributed by atoms with van der Waals surface area (Å²) < 4.78 is 23.8. The van der Waals surface area contributed by atoms with Gasteiger partial charge >= 0.3 is 0 Å². The smallest absolute Gasteiger partial charge is 0.238 e. The highest BCUT2D eigenvalue weighted by Gasteiger charge is 2.37. The molecule has 3 aromatic rings. The summed E-state index contributed by atoms with van der Waals surface area (Å²) in [6, 6.07) is 23.7. The van der Waals surface area contributed by atoms with E-state index in [4.69, 9.17) is 10.9 Å². The zero-order valence-electron chi connectivity index (χ0n) is 17.9. The van der Waals surface area contributed by atoms with Gasteiger partial charge in [0.1, 0.15) is 0 Å². The predicted molar refractivity (Wildman–Crippen MR) is 125 cm³/mol. The van der Waals surface area contributed by atoms with Crippen LogP contribution in [0.3, 0.4) is 0 Å². The number of amides is 1. The number of primary sulfonamides is 1. The molecule has 4 rings (SSSR count). The van der Waals surface area contributed by atoms with Crippen molar-refractivity contribution in [2.24, 2.45) is 16.8 Å². The fourth-order valence-electron chi connectivity index (χ4n) is 4.48. The second kappa shape index (κ2) is 9.16. The third-order valence-electron chi connectivity index (χ3n) is 6.07. The van der Waals surface area contributed by atoms with Crippen LogP contribution in [0.2, 0.25) is 0 Å². The lowest BCUT2D eigenvalue weighted by atomic mass is 9.88. The summed E-state index contributed by atoms with van der Waals surface area (Å²) in [5, 5.41) is 14.6. The van der Waals surface area contributed by atoms with Gasteiger partial charge in [-0.1, -0.05) is 54.6 Å². The van der Waals surface area contributed by atoms with E-state index in [0.29, 0.717) is 30.8 Å². The number of likely N-dealkylation sites (tertiary alicyclic amines) is 1. The van der Waals surface area contributed by atoms with Crippen molar-refractivity contribution in [2.45, 2.75) is 17.4 Å². The maximum atomic E-state index is 12.1. The van der Waals surface area contributed by atoms with Crippen LogP contribution in [-0.2, 0) is 21.4 Å². The quantitative estimate of drug-likeness (QED) is 0.584. The van der Waals surface area contributed by atoms with Crippen molar-refractivity contribution >= 4 is 15.9 Å². The summed E-state index contributed by atoms with van der Waals surface area (Å²) in [6.07, 6.45) is 0. The highest BCUT2D eigenvalue weighted by atomic mass is 32.2. The van der Waals surface area contributed by atoms with E-state index in [1.807, 2.05) is 42.5 Å². The molecule has 0 unspecified atom stereocenters. The molecule has 1 heterocycles. The molecule has 0 aromatic heterocycles. The number of nitrogens with two attached hydrogens (primary N) is 2. The third-order valence-corrected chi connectivity index (χ3v) is 7.04. The number of rotatable bonds is 6. The number of primary amides is 1. The van der Waals surface area contributed by atoms with Gasteiger partial charge < -0.3 is 5.73 Å². The molecule has 1 aliphatic heterocycles. The number of nitrogens with zero attached hydrogens (tertiary/aromatic N) is 2. The first-order valence-electron chi connectivity index (χ1n) is 10.5. The lowest BCUT2D eigenvalue weighted by Gasteiger charge is -2.17. The largest absolute Gasteiger partial charge is 0.369 e. The molecule has 4 N–H and O–H groups in total. The summed E-state index contributed by atoms with van der Waals surface area (Å²) in [5.74, 6) is -0.753. The number of sulfonamides is 1. The van der Waals surface area contributed by atoms with Gasteiger partial charge in [0.2, 0.25) is 15.9 Å². The average Bonchev–Trinajstić information content (AvgIpc) is 3.23. The number of hydrogen-bond acceptors (Lipinski definition) is 5. The number of carbonyl (C=O) groups is 1. The fraction of sp³-hybridized carbons (Fsp3) is 0.200. The van der Waals surface area contributed by atoms with Gasteiger partial charge in [0, 0.05) is 31.1 Å². The lowest BCUT2D eigenvalue weighted by Crippen LogP contribution is -2.29. The van der Waals surface area contributed by atoms with Gasteiger partial charge in [0.15, 0.2) is 0 Å². The average molecular weight is 461 g/mol. The molecule has 0 spiro atoms. The number of nitriles is 1. The Labute approximate surface area is 193 Å². The Morgan fingerprint density at radius 3 is 2.42 bits per heavy atom. The summed E-state index contributed by atoms with van der Waals surface area (Å²) in [7, 11) is -3.83. The predicted octanol–water partition coefficient (Wildman–Crippen LogP) is 2.57. The van der Waals surface area contributed by atoms with Crippen molar-refractivity contribution in [2.75, 3.05) is 13.1 Å². The second-order valence-corrected chi connectivity index (χ2v) is 9.81. The molecule has 0 saturated carbocycles. The van der Waals surface area contributed by atoms with Crippen LogP contribution in [0.25, 0.3) is 11.1 Å². The first kappa shape index (κ1) is 22.7. The molecule has 1 amide bonds. The Hall–Kier alpha value is -3.51. The number of hydrogen-bond donors (Lipinski definition) is 2.